The maximum Gasteiger partial charge on any atom is 0.168 e. The van der Waals surface area contributed by atoms with Crippen LogP contribution >= 0.6 is 0 Å². The van der Waals surface area contributed by atoms with E-state index in [-0.39, 0.29) is 12.0 Å². The highest BCUT2D eigenvalue weighted by Gasteiger charge is 2.44. The monoisotopic (exact) mass is 210 g/mol. The van der Waals surface area contributed by atoms with E-state index in [0.29, 0.717) is 13.2 Å². The molecular weight excluding hydrogens is 192 g/mol. The van der Waals surface area contributed by atoms with Crippen LogP contribution in [0.1, 0.15) is 32.6 Å². The van der Waals surface area contributed by atoms with Crippen molar-refractivity contribution in [3.63, 3.8) is 0 Å². The predicted octanol–water partition coefficient (Wildman–Crippen LogP) is 1.30. The Hall–Kier alpha value is -0.560. The van der Waals surface area contributed by atoms with Crippen LogP contribution in [0.15, 0.2) is 0 Å². The topological polar surface area (TPSA) is 38.7 Å². The van der Waals surface area contributed by atoms with Gasteiger partial charge in [0, 0.05) is 25.2 Å². The summed E-state index contributed by atoms with van der Waals surface area (Å²) in [4.78, 5) is 0. The standard InChI is InChI=1S/C12H18O3/c1-2-3-4-10-9-12(6-5-11(10)13)14-7-8-15-12/h10-11,13H,4-9H2,1H3/t10-,11-/m0/s1. The van der Waals surface area contributed by atoms with E-state index in [4.69, 9.17) is 9.47 Å². The lowest BCUT2D eigenvalue weighted by Crippen LogP contribution is -2.42. The van der Waals surface area contributed by atoms with Crippen LogP contribution in [-0.2, 0) is 9.47 Å². The Morgan fingerprint density at radius 2 is 2.13 bits per heavy atom. The lowest BCUT2D eigenvalue weighted by atomic mass is 9.80. The molecule has 0 aromatic carbocycles. The molecule has 1 aliphatic heterocycles. The third-order valence-electron chi connectivity index (χ3n) is 3.29. The van der Waals surface area contributed by atoms with E-state index in [0.717, 1.165) is 25.7 Å². The van der Waals surface area contributed by atoms with Gasteiger partial charge in [0.15, 0.2) is 5.79 Å². The summed E-state index contributed by atoms with van der Waals surface area (Å²) >= 11 is 0. The van der Waals surface area contributed by atoms with Gasteiger partial charge in [0.05, 0.1) is 19.3 Å². The fraction of sp³-hybridized carbons (Fsp3) is 0.833. The van der Waals surface area contributed by atoms with E-state index >= 15 is 0 Å². The lowest BCUT2D eigenvalue weighted by Gasteiger charge is -2.38. The van der Waals surface area contributed by atoms with Crippen LogP contribution in [-0.4, -0.2) is 30.2 Å². The van der Waals surface area contributed by atoms with E-state index in [1.165, 1.54) is 0 Å². The van der Waals surface area contributed by atoms with Gasteiger partial charge in [0.1, 0.15) is 0 Å². The van der Waals surface area contributed by atoms with Crippen LogP contribution in [0.25, 0.3) is 0 Å². The van der Waals surface area contributed by atoms with Gasteiger partial charge in [0.25, 0.3) is 0 Å². The number of hydrogen-bond acceptors (Lipinski definition) is 3. The van der Waals surface area contributed by atoms with Gasteiger partial charge in [-0.1, -0.05) is 0 Å². The molecule has 1 saturated carbocycles. The molecule has 0 bridgehead atoms. The summed E-state index contributed by atoms with van der Waals surface area (Å²) in [7, 11) is 0. The fourth-order valence-electron chi connectivity index (χ4n) is 2.44. The second-order valence-electron chi connectivity index (χ2n) is 4.31. The molecule has 2 aliphatic rings. The summed E-state index contributed by atoms with van der Waals surface area (Å²) in [5.74, 6) is 5.70. The van der Waals surface area contributed by atoms with Crippen LogP contribution < -0.4 is 0 Å². The minimum Gasteiger partial charge on any atom is -0.393 e. The Bertz CT molecular complexity index is 270. The summed E-state index contributed by atoms with van der Waals surface area (Å²) in [5.41, 5.74) is 0. The molecule has 1 aliphatic carbocycles. The Morgan fingerprint density at radius 3 is 2.80 bits per heavy atom. The van der Waals surface area contributed by atoms with Crippen molar-refractivity contribution in [2.24, 2.45) is 5.92 Å². The summed E-state index contributed by atoms with van der Waals surface area (Å²) in [5, 5.41) is 9.86. The van der Waals surface area contributed by atoms with Crippen molar-refractivity contribution in [2.75, 3.05) is 13.2 Å². The van der Waals surface area contributed by atoms with Gasteiger partial charge in [-0.3, -0.25) is 0 Å². The van der Waals surface area contributed by atoms with E-state index in [2.05, 4.69) is 11.8 Å². The van der Waals surface area contributed by atoms with Crippen LogP contribution in [0.5, 0.6) is 0 Å². The third kappa shape index (κ3) is 2.34. The normalized spacial score (nSPS) is 33.7. The highest BCUT2D eigenvalue weighted by molar-refractivity contribution is 5.00. The number of hydrogen-bond donors (Lipinski definition) is 1. The quantitative estimate of drug-likeness (QED) is 0.663. The molecule has 1 saturated heterocycles. The zero-order valence-corrected chi connectivity index (χ0v) is 9.16. The van der Waals surface area contributed by atoms with Gasteiger partial charge >= 0.3 is 0 Å². The molecule has 0 aromatic rings. The van der Waals surface area contributed by atoms with Crippen LogP contribution in [0.3, 0.4) is 0 Å². The van der Waals surface area contributed by atoms with Crippen molar-refractivity contribution in [1.29, 1.82) is 0 Å². The smallest absolute Gasteiger partial charge is 0.168 e. The average molecular weight is 210 g/mol. The SMILES string of the molecule is CC#CC[C@H]1CC2(CC[C@@H]1O)OCCO2. The molecule has 1 N–H and O–H groups in total. The van der Waals surface area contributed by atoms with Gasteiger partial charge in [-0.25, -0.2) is 0 Å². The second kappa shape index (κ2) is 4.52. The van der Waals surface area contributed by atoms with Gasteiger partial charge in [-0.15, -0.1) is 11.8 Å². The van der Waals surface area contributed by atoms with Gasteiger partial charge in [-0.05, 0) is 13.3 Å². The minimum atomic E-state index is -0.403. The molecule has 2 fully saturated rings. The predicted molar refractivity (Wildman–Crippen MR) is 56.0 cm³/mol. The third-order valence-corrected chi connectivity index (χ3v) is 3.29. The van der Waals surface area contributed by atoms with Gasteiger partial charge in [0.2, 0.25) is 0 Å². The summed E-state index contributed by atoms with van der Waals surface area (Å²) in [6.07, 6.45) is 2.85. The molecule has 1 heterocycles. The number of rotatable bonds is 1. The van der Waals surface area contributed by atoms with Crippen molar-refractivity contribution < 1.29 is 14.6 Å². The lowest BCUT2D eigenvalue weighted by molar-refractivity contribution is -0.201. The maximum atomic E-state index is 9.86. The molecule has 0 amide bonds. The fourth-order valence-corrected chi connectivity index (χ4v) is 2.44. The van der Waals surface area contributed by atoms with Gasteiger partial charge in [-0.2, -0.15) is 0 Å². The first-order chi connectivity index (χ1) is 7.26. The molecule has 2 atom stereocenters. The first-order valence-corrected chi connectivity index (χ1v) is 5.61. The molecule has 0 aromatic heterocycles. The molecule has 0 radical (unpaired) electrons. The van der Waals surface area contributed by atoms with Crippen molar-refractivity contribution in [3.8, 4) is 11.8 Å². The summed E-state index contributed by atoms with van der Waals surface area (Å²) in [6, 6.07) is 0. The number of ether oxygens (including phenoxy) is 2. The van der Waals surface area contributed by atoms with Crippen molar-refractivity contribution in [2.45, 2.75) is 44.5 Å². The molecule has 3 nitrogen and oxygen atoms in total. The zero-order valence-electron chi connectivity index (χ0n) is 9.16. The Labute approximate surface area is 90.8 Å². The van der Waals surface area contributed by atoms with Crippen molar-refractivity contribution >= 4 is 0 Å². The minimum absolute atomic E-state index is 0.198. The van der Waals surface area contributed by atoms with Crippen LogP contribution in [0, 0.1) is 17.8 Å². The first kappa shape index (κ1) is 10.9. The second-order valence-corrected chi connectivity index (χ2v) is 4.31. The molecule has 3 heteroatoms. The molecule has 84 valence electrons. The largest absolute Gasteiger partial charge is 0.393 e. The van der Waals surface area contributed by atoms with E-state index in [1.54, 1.807) is 0 Å². The van der Waals surface area contributed by atoms with E-state index < -0.39 is 5.79 Å². The molecular formula is C12H18O3. The number of aliphatic hydroxyl groups excluding tert-OH is 1. The molecule has 1 spiro atoms. The number of aliphatic hydroxyl groups is 1. The van der Waals surface area contributed by atoms with Crippen molar-refractivity contribution in [1.82, 2.24) is 0 Å². The van der Waals surface area contributed by atoms with Crippen molar-refractivity contribution in [3.05, 3.63) is 0 Å². The Kier molecular flexibility index (Phi) is 3.30. The van der Waals surface area contributed by atoms with E-state index in [9.17, 15) is 5.11 Å². The van der Waals surface area contributed by atoms with E-state index in [1.807, 2.05) is 6.92 Å². The molecule has 2 rings (SSSR count). The molecule has 15 heavy (non-hydrogen) atoms. The first-order valence-electron chi connectivity index (χ1n) is 5.61. The summed E-state index contributed by atoms with van der Waals surface area (Å²) < 4.78 is 11.3. The Balaban J connectivity index is 1.99. The van der Waals surface area contributed by atoms with Crippen LogP contribution in [0.4, 0.5) is 0 Å². The highest BCUT2D eigenvalue weighted by atomic mass is 16.7. The Morgan fingerprint density at radius 1 is 1.40 bits per heavy atom. The summed E-state index contributed by atoms with van der Waals surface area (Å²) in [6.45, 7) is 3.19. The van der Waals surface area contributed by atoms with Gasteiger partial charge < -0.3 is 14.6 Å². The highest BCUT2D eigenvalue weighted by Crippen LogP contribution is 2.39. The average Bonchev–Trinajstić information content (AvgIpc) is 2.69. The maximum absolute atomic E-state index is 9.86. The zero-order chi connectivity index (χ0) is 10.7. The van der Waals surface area contributed by atoms with Crippen LogP contribution in [0.2, 0.25) is 0 Å². The molecule has 0 unspecified atom stereocenters.